The highest BCUT2D eigenvalue weighted by molar-refractivity contribution is 5.68. The van der Waals surface area contributed by atoms with Crippen LogP contribution >= 0.6 is 0 Å². The third kappa shape index (κ3) is 4.10. The Morgan fingerprint density at radius 1 is 1.14 bits per heavy atom. The number of imidazole rings is 1. The quantitative estimate of drug-likeness (QED) is 0.502. The summed E-state index contributed by atoms with van der Waals surface area (Å²) >= 11 is 0. The Morgan fingerprint density at radius 3 is 2.69 bits per heavy atom. The van der Waals surface area contributed by atoms with Crippen molar-refractivity contribution in [3.05, 3.63) is 76.0 Å². The van der Waals surface area contributed by atoms with Gasteiger partial charge in [-0.05, 0) is 33.7 Å². The SMILES string of the molecule is N#Cc1ccc(-c2ccccc2CN2CCOc3nc([N+](=O)[O-])cn3CC2)cc1. The normalized spacial score (nSPS) is 14.2. The summed E-state index contributed by atoms with van der Waals surface area (Å²) in [5.41, 5.74) is 4.00. The molecule has 1 aromatic heterocycles. The Hall–Kier alpha value is -3.70. The number of ether oxygens (including phenoxy) is 1. The zero-order valence-corrected chi connectivity index (χ0v) is 15.7. The molecule has 0 radical (unpaired) electrons. The first-order valence-corrected chi connectivity index (χ1v) is 9.29. The molecule has 0 atom stereocenters. The van der Waals surface area contributed by atoms with Crippen LogP contribution < -0.4 is 4.74 Å². The molecule has 2 heterocycles. The van der Waals surface area contributed by atoms with Crippen molar-refractivity contribution in [3.63, 3.8) is 0 Å². The number of hydrogen-bond acceptors (Lipinski definition) is 6. The molecule has 29 heavy (non-hydrogen) atoms. The van der Waals surface area contributed by atoms with Crippen LogP contribution in [0.25, 0.3) is 11.1 Å². The minimum absolute atomic E-state index is 0.195. The molecule has 0 saturated heterocycles. The second-order valence-electron chi connectivity index (χ2n) is 6.80. The molecule has 2 aromatic carbocycles. The number of nitrogens with zero attached hydrogens (tertiary/aromatic N) is 5. The predicted octanol–water partition coefficient (Wildman–Crippen LogP) is 3.22. The average Bonchev–Trinajstić information content (AvgIpc) is 3.13. The lowest BCUT2D eigenvalue weighted by atomic mass is 9.98. The largest absolute Gasteiger partial charge is 0.444 e. The van der Waals surface area contributed by atoms with Crippen LogP contribution in [-0.2, 0) is 13.1 Å². The number of rotatable bonds is 4. The Labute approximate surface area is 167 Å². The summed E-state index contributed by atoms with van der Waals surface area (Å²) in [7, 11) is 0. The van der Waals surface area contributed by atoms with Gasteiger partial charge in [-0.25, -0.2) is 0 Å². The topological polar surface area (TPSA) is 97.2 Å². The van der Waals surface area contributed by atoms with Gasteiger partial charge in [0.05, 0.1) is 11.6 Å². The molecule has 1 aliphatic rings. The van der Waals surface area contributed by atoms with E-state index in [4.69, 9.17) is 10.00 Å². The lowest BCUT2D eigenvalue weighted by Crippen LogP contribution is -2.33. The fourth-order valence-corrected chi connectivity index (χ4v) is 3.44. The van der Waals surface area contributed by atoms with Crippen molar-refractivity contribution in [2.75, 3.05) is 19.7 Å². The van der Waals surface area contributed by atoms with Crippen LogP contribution in [0.5, 0.6) is 6.01 Å². The van der Waals surface area contributed by atoms with Gasteiger partial charge in [0.15, 0.2) is 0 Å². The number of hydrogen-bond donors (Lipinski definition) is 0. The van der Waals surface area contributed by atoms with Crippen molar-refractivity contribution in [1.82, 2.24) is 14.5 Å². The van der Waals surface area contributed by atoms with Gasteiger partial charge in [0.2, 0.25) is 0 Å². The molecule has 4 rings (SSSR count). The summed E-state index contributed by atoms with van der Waals surface area (Å²) < 4.78 is 7.33. The molecule has 0 unspecified atom stereocenters. The maximum Gasteiger partial charge on any atom is 0.414 e. The van der Waals surface area contributed by atoms with Gasteiger partial charge in [0.25, 0.3) is 0 Å². The summed E-state index contributed by atoms with van der Waals surface area (Å²) in [6.45, 7) is 3.13. The molecule has 146 valence electrons. The maximum atomic E-state index is 11.0. The van der Waals surface area contributed by atoms with Crippen LogP contribution in [0, 0.1) is 21.4 Å². The van der Waals surface area contributed by atoms with E-state index in [2.05, 4.69) is 28.1 Å². The smallest absolute Gasteiger partial charge is 0.414 e. The minimum Gasteiger partial charge on any atom is -0.444 e. The molecular formula is C21H19N5O3. The van der Waals surface area contributed by atoms with Crippen LogP contribution in [0.1, 0.15) is 11.1 Å². The minimum atomic E-state index is -0.507. The van der Waals surface area contributed by atoms with E-state index in [0.29, 0.717) is 31.3 Å². The maximum absolute atomic E-state index is 11.0. The molecule has 0 aliphatic carbocycles. The summed E-state index contributed by atoms with van der Waals surface area (Å²) in [4.78, 5) is 16.6. The lowest BCUT2D eigenvalue weighted by Gasteiger charge is -2.25. The van der Waals surface area contributed by atoms with Gasteiger partial charge < -0.3 is 14.9 Å². The van der Waals surface area contributed by atoms with Crippen molar-refractivity contribution in [1.29, 1.82) is 5.26 Å². The second kappa shape index (κ2) is 8.12. The fraction of sp³-hybridized carbons (Fsp3) is 0.238. The number of benzene rings is 2. The zero-order chi connectivity index (χ0) is 20.2. The van der Waals surface area contributed by atoms with Gasteiger partial charge in [0, 0.05) is 31.2 Å². The predicted molar refractivity (Wildman–Crippen MR) is 106 cm³/mol. The van der Waals surface area contributed by atoms with E-state index in [1.807, 2.05) is 36.4 Å². The van der Waals surface area contributed by atoms with Crippen LogP contribution in [0.3, 0.4) is 0 Å². The van der Waals surface area contributed by atoms with E-state index in [1.165, 1.54) is 11.8 Å². The molecular weight excluding hydrogens is 370 g/mol. The fourth-order valence-electron chi connectivity index (χ4n) is 3.44. The van der Waals surface area contributed by atoms with Gasteiger partial charge in [-0.2, -0.15) is 5.26 Å². The highest BCUT2D eigenvalue weighted by Crippen LogP contribution is 2.26. The van der Waals surface area contributed by atoms with Crippen LogP contribution in [-0.4, -0.2) is 39.1 Å². The first kappa shape index (κ1) is 18.7. The van der Waals surface area contributed by atoms with Crippen molar-refractivity contribution in [2.24, 2.45) is 0 Å². The number of fused-ring (bicyclic) bond motifs is 1. The standard InChI is InChI=1S/C21H19N5O3/c22-13-16-5-7-17(8-6-16)19-4-2-1-3-18(19)14-24-9-10-25-15-20(26(27)28)23-21(25)29-12-11-24/h1-8,15H,9-12,14H2. The molecule has 0 saturated carbocycles. The van der Waals surface area contributed by atoms with Crippen LogP contribution in [0.2, 0.25) is 0 Å². The third-order valence-corrected chi connectivity index (χ3v) is 4.95. The zero-order valence-electron chi connectivity index (χ0n) is 15.7. The van der Waals surface area contributed by atoms with Crippen molar-refractivity contribution >= 4 is 5.82 Å². The molecule has 8 nitrogen and oxygen atoms in total. The van der Waals surface area contributed by atoms with Gasteiger partial charge in [-0.3, -0.25) is 9.47 Å². The number of nitro groups is 1. The van der Waals surface area contributed by atoms with E-state index >= 15 is 0 Å². The molecule has 1 aliphatic heterocycles. The molecule has 0 bridgehead atoms. The van der Waals surface area contributed by atoms with Crippen LogP contribution in [0.4, 0.5) is 5.82 Å². The van der Waals surface area contributed by atoms with E-state index in [9.17, 15) is 10.1 Å². The average molecular weight is 389 g/mol. The summed E-state index contributed by atoms with van der Waals surface area (Å²) in [6.07, 6.45) is 1.42. The number of aromatic nitrogens is 2. The summed E-state index contributed by atoms with van der Waals surface area (Å²) in [5, 5.41) is 20.0. The highest BCUT2D eigenvalue weighted by atomic mass is 16.6. The first-order valence-electron chi connectivity index (χ1n) is 9.29. The molecule has 0 fully saturated rings. The molecule has 8 heteroatoms. The van der Waals surface area contributed by atoms with Crippen LogP contribution in [0.15, 0.2) is 54.7 Å². The summed E-state index contributed by atoms with van der Waals surface area (Å²) in [5.74, 6) is -0.195. The van der Waals surface area contributed by atoms with E-state index in [-0.39, 0.29) is 5.82 Å². The number of nitriles is 1. The van der Waals surface area contributed by atoms with Gasteiger partial charge in [-0.15, -0.1) is 0 Å². The monoisotopic (exact) mass is 389 g/mol. The van der Waals surface area contributed by atoms with Gasteiger partial charge >= 0.3 is 11.8 Å². The highest BCUT2D eigenvalue weighted by Gasteiger charge is 2.23. The Kier molecular flexibility index (Phi) is 5.22. The lowest BCUT2D eigenvalue weighted by molar-refractivity contribution is -0.389. The summed E-state index contributed by atoms with van der Waals surface area (Å²) in [6, 6.07) is 18.2. The Balaban J connectivity index is 1.52. The van der Waals surface area contributed by atoms with Gasteiger partial charge in [0.1, 0.15) is 12.8 Å². The Morgan fingerprint density at radius 2 is 1.93 bits per heavy atom. The molecule has 3 aromatic rings. The second-order valence-corrected chi connectivity index (χ2v) is 6.80. The van der Waals surface area contributed by atoms with Crippen molar-refractivity contribution in [3.8, 4) is 23.2 Å². The Bertz CT molecular complexity index is 1070. The van der Waals surface area contributed by atoms with Gasteiger partial charge in [-0.1, -0.05) is 36.4 Å². The third-order valence-electron chi connectivity index (χ3n) is 4.95. The van der Waals surface area contributed by atoms with E-state index < -0.39 is 4.92 Å². The molecule has 0 amide bonds. The van der Waals surface area contributed by atoms with Crippen molar-refractivity contribution in [2.45, 2.75) is 13.1 Å². The van der Waals surface area contributed by atoms with Crippen molar-refractivity contribution < 1.29 is 9.66 Å². The van der Waals surface area contributed by atoms with E-state index in [1.54, 1.807) is 4.57 Å². The molecule has 0 N–H and O–H groups in total. The molecule has 0 spiro atoms. The van der Waals surface area contributed by atoms with E-state index in [0.717, 1.165) is 24.2 Å². The first-order chi connectivity index (χ1) is 14.1.